The molecular formula is C22H25N5O2. The SMILES string of the molecule is CC(C)NC(=O)Nc1ccccc1C(=O)NCCc1ccc(-n2cccn2)cc1. The summed E-state index contributed by atoms with van der Waals surface area (Å²) in [5, 5.41) is 12.6. The second-order valence-electron chi connectivity index (χ2n) is 6.92. The zero-order valence-electron chi connectivity index (χ0n) is 16.6. The molecule has 0 aliphatic rings. The molecule has 0 aliphatic carbocycles. The van der Waals surface area contributed by atoms with Crippen molar-refractivity contribution in [1.82, 2.24) is 20.4 Å². The highest BCUT2D eigenvalue weighted by Gasteiger charge is 2.13. The van der Waals surface area contributed by atoms with E-state index in [1.807, 2.05) is 50.4 Å². The Morgan fingerprint density at radius 1 is 1.03 bits per heavy atom. The Bertz CT molecular complexity index is 950. The monoisotopic (exact) mass is 391 g/mol. The fraction of sp³-hybridized carbons (Fsp3) is 0.227. The molecule has 0 aliphatic heterocycles. The second-order valence-corrected chi connectivity index (χ2v) is 6.92. The van der Waals surface area contributed by atoms with Crippen molar-refractivity contribution in [3.63, 3.8) is 0 Å². The predicted molar refractivity (Wildman–Crippen MR) is 113 cm³/mol. The quantitative estimate of drug-likeness (QED) is 0.577. The van der Waals surface area contributed by atoms with Crippen molar-refractivity contribution in [3.8, 4) is 5.69 Å². The van der Waals surface area contributed by atoms with E-state index in [2.05, 4.69) is 21.0 Å². The molecule has 3 amide bonds. The number of carbonyl (C=O) groups excluding carboxylic acids is 2. The number of amides is 3. The molecule has 0 fully saturated rings. The highest BCUT2D eigenvalue weighted by atomic mass is 16.2. The number of benzene rings is 2. The summed E-state index contributed by atoms with van der Waals surface area (Å²) in [4.78, 5) is 24.5. The van der Waals surface area contributed by atoms with Gasteiger partial charge in [-0.25, -0.2) is 9.48 Å². The first-order chi connectivity index (χ1) is 14.0. The van der Waals surface area contributed by atoms with Crippen LogP contribution in [0.25, 0.3) is 5.69 Å². The van der Waals surface area contributed by atoms with E-state index in [9.17, 15) is 9.59 Å². The number of aromatic nitrogens is 2. The van der Waals surface area contributed by atoms with Gasteiger partial charge in [0.25, 0.3) is 5.91 Å². The molecule has 3 rings (SSSR count). The molecule has 3 N–H and O–H groups in total. The molecule has 29 heavy (non-hydrogen) atoms. The van der Waals surface area contributed by atoms with Crippen LogP contribution in [0.1, 0.15) is 29.8 Å². The fourth-order valence-electron chi connectivity index (χ4n) is 2.86. The number of hydrogen-bond acceptors (Lipinski definition) is 3. The van der Waals surface area contributed by atoms with Crippen LogP contribution < -0.4 is 16.0 Å². The van der Waals surface area contributed by atoms with E-state index in [0.29, 0.717) is 24.2 Å². The maximum absolute atomic E-state index is 12.6. The minimum atomic E-state index is -0.336. The molecular weight excluding hydrogens is 366 g/mol. The molecule has 2 aromatic carbocycles. The van der Waals surface area contributed by atoms with Crippen molar-refractivity contribution in [1.29, 1.82) is 0 Å². The third-order valence-corrected chi connectivity index (χ3v) is 4.24. The van der Waals surface area contributed by atoms with Gasteiger partial charge in [-0.15, -0.1) is 0 Å². The molecule has 0 radical (unpaired) electrons. The normalized spacial score (nSPS) is 10.6. The van der Waals surface area contributed by atoms with Gasteiger partial charge in [0.05, 0.1) is 16.9 Å². The lowest BCUT2D eigenvalue weighted by molar-refractivity contribution is 0.0955. The number of hydrogen-bond donors (Lipinski definition) is 3. The van der Waals surface area contributed by atoms with Crippen molar-refractivity contribution in [2.24, 2.45) is 0 Å². The van der Waals surface area contributed by atoms with Crippen molar-refractivity contribution >= 4 is 17.6 Å². The van der Waals surface area contributed by atoms with Crippen LogP contribution in [0.15, 0.2) is 67.0 Å². The van der Waals surface area contributed by atoms with E-state index in [4.69, 9.17) is 0 Å². The number of nitrogens with zero attached hydrogens (tertiary/aromatic N) is 2. The van der Waals surface area contributed by atoms with Crippen LogP contribution in [0.2, 0.25) is 0 Å². The number of anilines is 1. The Hall–Kier alpha value is -3.61. The summed E-state index contributed by atoms with van der Waals surface area (Å²) in [7, 11) is 0. The van der Waals surface area contributed by atoms with E-state index >= 15 is 0 Å². The first kappa shape index (κ1) is 20.1. The zero-order chi connectivity index (χ0) is 20.6. The molecule has 3 aromatic rings. The molecule has 7 heteroatoms. The van der Waals surface area contributed by atoms with Crippen LogP contribution >= 0.6 is 0 Å². The molecule has 0 saturated heterocycles. The molecule has 150 valence electrons. The lowest BCUT2D eigenvalue weighted by Crippen LogP contribution is -2.35. The third-order valence-electron chi connectivity index (χ3n) is 4.24. The molecule has 7 nitrogen and oxygen atoms in total. The predicted octanol–water partition coefficient (Wildman–Crippen LogP) is 3.37. The molecule has 1 aromatic heterocycles. The van der Waals surface area contributed by atoms with Crippen LogP contribution in [-0.4, -0.2) is 34.3 Å². The minimum absolute atomic E-state index is 0.00988. The smallest absolute Gasteiger partial charge is 0.319 e. The maximum atomic E-state index is 12.6. The average Bonchev–Trinajstić information content (AvgIpc) is 3.23. The Kier molecular flexibility index (Phi) is 6.63. The zero-order valence-corrected chi connectivity index (χ0v) is 16.6. The van der Waals surface area contributed by atoms with Gasteiger partial charge < -0.3 is 16.0 Å². The summed E-state index contributed by atoms with van der Waals surface area (Å²) in [6.45, 7) is 4.24. The number of para-hydroxylation sites is 1. The van der Waals surface area contributed by atoms with Gasteiger partial charge in [-0.3, -0.25) is 4.79 Å². The Balaban J connectivity index is 1.55. The molecule has 0 saturated carbocycles. The highest BCUT2D eigenvalue weighted by Crippen LogP contribution is 2.15. The molecule has 0 bridgehead atoms. The van der Waals surface area contributed by atoms with Crippen LogP contribution in [0.3, 0.4) is 0 Å². The standard InChI is InChI=1S/C22H25N5O2/c1-16(2)25-22(29)26-20-7-4-3-6-19(20)21(28)23-14-12-17-8-10-18(11-9-17)27-15-5-13-24-27/h3-11,13,15-16H,12,14H2,1-2H3,(H,23,28)(H2,25,26,29). The largest absolute Gasteiger partial charge is 0.352 e. The number of nitrogens with one attached hydrogen (secondary N) is 3. The van der Waals surface area contributed by atoms with Crippen molar-refractivity contribution in [2.75, 3.05) is 11.9 Å². The number of urea groups is 1. The van der Waals surface area contributed by atoms with Crippen LogP contribution in [-0.2, 0) is 6.42 Å². The summed E-state index contributed by atoms with van der Waals surface area (Å²) in [6.07, 6.45) is 4.33. The third kappa shape index (κ3) is 5.68. The van der Waals surface area contributed by atoms with Gasteiger partial charge in [0.1, 0.15) is 0 Å². The Labute approximate surface area is 170 Å². The summed E-state index contributed by atoms with van der Waals surface area (Å²) in [5.74, 6) is -0.224. The number of carbonyl (C=O) groups is 2. The van der Waals surface area contributed by atoms with Crippen molar-refractivity contribution in [3.05, 3.63) is 78.1 Å². The highest BCUT2D eigenvalue weighted by molar-refractivity contribution is 6.03. The van der Waals surface area contributed by atoms with E-state index in [1.54, 1.807) is 35.1 Å². The van der Waals surface area contributed by atoms with Gasteiger partial charge in [-0.05, 0) is 56.2 Å². The van der Waals surface area contributed by atoms with E-state index in [-0.39, 0.29) is 18.0 Å². The lowest BCUT2D eigenvalue weighted by atomic mass is 10.1. The van der Waals surface area contributed by atoms with Crippen molar-refractivity contribution in [2.45, 2.75) is 26.3 Å². The Morgan fingerprint density at radius 3 is 2.48 bits per heavy atom. The van der Waals surface area contributed by atoms with Gasteiger partial charge in [-0.2, -0.15) is 5.10 Å². The van der Waals surface area contributed by atoms with E-state index in [1.165, 1.54) is 0 Å². The van der Waals surface area contributed by atoms with Crippen molar-refractivity contribution < 1.29 is 9.59 Å². The van der Waals surface area contributed by atoms with Crippen LogP contribution in [0.4, 0.5) is 10.5 Å². The van der Waals surface area contributed by atoms with Gasteiger partial charge in [0.15, 0.2) is 0 Å². The lowest BCUT2D eigenvalue weighted by Gasteiger charge is -2.13. The summed E-state index contributed by atoms with van der Waals surface area (Å²) < 4.78 is 1.80. The van der Waals surface area contributed by atoms with Gasteiger partial charge >= 0.3 is 6.03 Å². The molecule has 1 heterocycles. The Morgan fingerprint density at radius 2 is 1.79 bits per heavy atom. The van der Waals surface area contributed by atoms with Gasteiger partial charge in [0, 0.05) is 25.0 Å². The van der Waals surface area contributed by atoms with E-state index < -0.39 is 0 Å². The summed E-state index contributed by atoms with van der Waals surface area (Å²) in [5.41, 5.74) is 3.01. The van der Waals surface area contributed by atoms with Crippen LogP contribution in [0, 0.1) is 0 Å². The second kappa shape index (κ2) is 9.54. The number of rotatable bonds is 7. The maximum Gasteiger partial charge on any atom is 0.319 e. The molecule has 0 spiro atoms. The fourth-order valence-corrected chi connectivity index (χ4v) is 2.86. The summed E-state index contributed by atoms with van der Waals surface area (Å²) >= 11 is 0. The summed E-state index contributed by atoms with van der Waals surface area (Å²) in [6, 6.07) is 16.5. The first-order valence-electron chi connectivity index (χ1n) is 9.56. The minimum Gasteiger partial charge on any atom is -0.352 e. The van der Waals surface area contributed by atoms with Gasteiger partial charge in [-0.1, -0.05) is 24.3 Å². The van der Waals surface area contributed by atoms with E-state index in [0.717, 1.165) is 11.3 Å². The van der Waals surface area contributed by atoms with Crippen LogP contribution in [0.5, 0.6) is 0 Å². The first-order valence-corrected chi connectivity index (χ1v) is 9.56. The topological polar surface area (TPSA) is 88.0 Å². The molecule has 0 atom stereocenters. The molecule has 0 unspecified atom stereocenters. The van der Waals surface area contributed by atoms with Gasteiger partial charge in [0.2, 0.25) is 0 Å². The average molecular weight is 391 g/mol.